The van der Waals surface area contributed by atoms with Crippen molar-refractivity contribution in [1.82, 2.24) is 0 Å². The van der Waals surface area contributed by atoms with Gasteiger partial charge in [0.05, 0.1) is 31.4 Å². The summed E-state index contributed by atoms with van der Waals surface area (Å²) < 4.78 is 9.46. The molecule has 1 aliphatic rings. The van der Waals surface area contributed by atoms with Gasteiger partial charge >= 0.3 is 11.9 Å². The molecule has 0 aliphatic carbocycles. The zero-order valence-electron chi connectivity index (χ0n) is 12.2. The minimum Gasteiger partial charge on any atom is -0.469 e. The van der Waals surface area contributed by atoms with Gasteiger partial charge in [0.25, 0.3) is 0 Å². The highest BCUT2D eigenvalue weighted by Gasteiger charge is 2.37. The number of benzene rings is 1. The largest absolute Gasteiger partial charge is 0.469 e. The summed E-state index contributed by atoms with van der Waals surface area (Å²) in [5.41, 5.74) is 1.53. The summed E-state index contributed by atoms with van der Waals surface area (Å²) in [5.74, 6) is -1.63. The fraction of sp³-hybridized carbons (Fsp3) is 0.400. The summed E-state index contributed by atoms with van der Waals surface area (Å²) >= 11 is 0. The van der Waals surface area contributed by atoms with E-state index in [9.17, 15) is 14.4 Å². The number of rotatable bonds is 3. The fourth-order valence-electron chi connectivity index (χ4n) is 2.51. The van der Waals surface area contributed by atoms with Crippen LogP contribution >= 0.6 is 0 Å². The van der Waals surface area contributed by atoms with Crippen LogP contribution in [0.15, 0.2) is 18.2 Å². The van der Waals surface area contributed by atoms with Gasteiger partial charge < -0.3 is 14.4 Å². The molecular weight excluding hydrogens is 274 g/mol. The molecule has 6 nitrogen and oxygen atoms in total. The molecule has 2 rings (SSSR count). The maximum absolute atomic E-state index is 12.1. The van der Waals surface area contributed by atoms with E-state index >= 15 is 0 Å². The summed E-state index contributed by atoms with van der Waals surface area (Å²) in [6.45, 7) is 1.98. The third-order valence-corrected chi connectivity index (χ3v) is 3.59. The molecule has 112 valence electrons. The van der Waals surface area contributed by atoms with Gasteiger partial charge in [-0.25, -0.2) is 4.79 Å². The smallest absolute Gasteiger partial charge is 0.340 e. The summed E-state index contributed by atoms with van der Waals surface area (Å²) in [6.07, 6.45) is 0.0846. The van der Waals surface area contributed by atoms with Crippen LogP contribution in [0.2, 0.25) is 0 Å². The number of nitrogens with zero attached hydrogens (tertiary/aromatic N) is 1. The van der Waals surface area contributed by atoms with Crippen LogP contribution in [-0.4, -0.2) is 38.6 Å². The van der Waals surface area contributed by atoms with Crippen LogP contribution in [0.25, 0.3) is 0 Å². The zero-order chi connectivity index (χ0) is 15.6. The van der Waals surface area contributed by atoms with Gasteiger partial charge in [-0.3, -0.25) is 9.59 Å². The average molecular weight is 291 g/mol. The first-order chi connectivity index (χ1) is 9.99. The number of carbonyl (C=O) groups is 3. The molecule has 1 aromatic rings. The number of anilines is 1. The molecule has 21 heavy (non-hydrogen) atoms. The first-order valence-corrected chi connectivity index (χ1v) is 6.55. The SMILES string of the molecule is COC(=O)c1c(C)cccc1N1CC(C(=O)OC)CC1=O. The van der Waals surface area contributed by atoms with Crippen LogP contribution in [0.4, 0.5) is 5.69 Å². The van der Waals surface area contributed by atoms with Crippen molar-refractivity contribution in [3.8, 4) is 0 Å². The highest BCUT2D eigenvalue weighted by atomic mass is 16.5. The maximum Gasteiger partial charge on any atom is 0.340 e. The van der Waals surface area contributed by atoms with Crippen LogP contribution in [0, 0.1) is 12.8 Å². The van der Waals surface area contributed by atoms with Gasteiger partial charge in [0.15, 0.2) is 0 Å². The maximum atomic E-state index is 12.1. The van der Waals surface area contributed by atoms with E-state index in [-0.39, 0.29) is 18.9 Å². The summed E-state index contributed by atoms with van der Waals surface area (Å²) in [7, 11) is 2.59. The van der Waals surface area contributed by atoms with Crippen molar-refractivity contribution in [3.63, 3.8) is 0 Å². The Morgan fingerprint density at radius 3 is 2.57 bits per heavy atom. The van der Waals surface area contributed by atoms with Crippen molar-refractivity contribution in [1.29, 1.82) is 0 Å². The van der Waals surface area contributed by atoms with E-state index in [4.69, 9.17) is 4.74 Å². The molecule has 1 saturated heterocycles. The molecule has 1 fully saturated rings. The predicted octanol–water partition coefficient (Wildman–Crippen LogP) is 1.31. The Labute approximate surface area is 122 Å². The number of esters is 2. The standard InChI is InChI=1S/C15H17NO5/c1-9-5-4-6-11(13(9)15(19)21-3)16-8-10(7-12(16)17)14(18)20-2/h4-6,10H,7-8H2,1-3H3. The number of methoxy groups -OCH3 is 2. The molecule has 1 heterocycles. The van der Waals surface area contributed by atoms with Crippen molar-refractivity contribution in [2.24, 2.45) is 5.92 Å². The van der Waals surface area contributed by atoms with Crippen molar-refractivity contribution < 1.29 is 23.9 Å². The van der Waals surface area contributed by atoms with E-state index < -0.39 is 17.9 Å². The predicted molar refractivity (Wildman–Crippen MR) is 75.0 cm³/mol. The topological polar surface area (TPSA) is 72.9 Å². The second-order valence-electron chi connectivity index (χ2n) is 4.89. The Bertz CT molecular complexity index is 596. The lowest BCUT2D eigenvalue weighted by Crippen LogP contribution is -2.28. The number of carbonyl (C=O) groups excluding carboxylic acids is 3. The summed E-state index contributed by atoms with van der Waals surface area (Å²) in [4.78, 5) is 37.1. The number of ether oxygens (including phenoxy) is 2. The first-order valence-electron chi connectivity index (χ1n) is 6.55. The Morgan fingerprint density at radius 1 is 1.24 bits per heavy atom. The van der Waals surface area contributed by atoms with Gasteiger partial charge in [0.1, 0.15) is 0 Å². The fourth-order valence-corrected chi connectivity index (χ4v) is 2.51. The molecule has 1 unspecified atom stereocenters. The second kappa shape index (κ2) is 5.95. The molecular formula is C15H17NO5. The van der Waals surface area contributed by atoms with E-state index in [0.29, 0.717) is 16.8 Å². The van der Waals surface area contributed by atoms with Crippen LogP contribution in [-0.2, 0) is 19.1 Å². The van der Waals surface area contributed by atoms with Crippen LogP contribution in [0.5, 0.6) is 0 Å². The normalized spacial score (nSPS) is 17.8. The van der Waals surface area contributed by atoms with E-state index in [1.807, 2.05) is 0 Å². The van der Waals surface area contributed by atoms with Crippen molar-refractivity contribution in [2.45, 2.75) is 13.3 Å². The van der Waals surface area contributed by atoms with E-state index in [2.05, 4.69) is 4.74 Å². The number of hydrogen-bond donors (Lipinski definition) is 0. The lowest BCUT2D eigenvalue weighted by Gasteiger charge is -2.20. The van der Waals surface area contributed by atoms with Crippen LogP contribution < -0.4 is 4.90 Å². The van der Waals surface area contributed by atoms with Crippen molar-refractivity contribution in [3.05, 3.63) is 29.3 Å². The third kappa shape index (κ3) is 2.74. The van der Waals surface area contributed by atoms with Gasteiger partial charge in [-0.1, -0.05) is 12.1 Å². The lowest BCUT2D eigenvalue weighted by atomic mass is 10.1. The molecule has 0 bridgehead atoms. The highest BCUT2D eigenvalue weighted by Crippen LogP contribution is 2.30. The molecule has 0 N–H and O–H groups in total. The Morgan fingerprint density at radius 2 is 1.95 bits per heavy atom. The quantitative estimate of drug-likeness (QED) is 0.785. The van der Waals surface area contributed by atoms with E-state index in [1.165, 1.54) is 19.1 Å². The van der Waals surface area contributed by atoms with Gasteiger partial charge in [-0.2, -0.15) is 0 Å². The second-order valence-corrected chi connectivity index (χ2v) is 4.89. The summed E-state index contributed by atoms with van der Waals surface area (Å²) in [6, 6.07) is 5.21. The molecule has 0 radical (unpaired) electrons. The Balaban J connectivity index is 2.39. The molecule has 6 heteroatoms. The molecule has 0 aromatic heterocycles. The van der Waals surface area contributed by atoms with Crippen LogP contribution in [0.1, 0.15) is 22.3 Å². The monoisotopic (exact) mass is 291 g/mol. The van der Waals surface area contributed by atoms with E-state index in [0.717, 1.165) is 0 Å². The number of aryl methyl sites for hydroxylation is 1. The Hall–Kier alpha value is -2.37. The minimum atomic E-state index is -0.506. The van der Waals surface area contributed by atoms with Crippen molar-refractivity contribution in [2.75, 3.05) is 25.7 Å². The van der Waals surface area contributed by atoms with Crippen LogP contribution in [0.3, 0.4) is 0 Å². The zero-order valence-corrected chi connectivity index (χ0v) is 12.2. The number of hydrogen-bond acceptors (Lipinski definition) is 5. The first kappa shape index (κ1) is 15.0. The molecule has 1 atom stereocenters. The lowest BCUT2D eigenvalue weighted by molar-refractivity contribution is -0.145. The highest BCUT2D eigenvalue weighted by molar-refractivity contribution is 6.06. The Kier molecular flexibility index (Phi) is 4.26. The molecule has 1 amide bonds. The van der Waals surface area contributed by atoms with Gasteiger partial charge in [0.2, 0.25) is 5.91 Å². The minimum absolute atomic E-state index is 0.0846. The molecule has 0 spiro atoms. The van der Waals surface area contributed by atoms with Gasteiger partial charge in [-0.15, -0.1) is 0 Å². The van der Waals surface area contributed by atoms with Gasteiger partial charge in [0, 0.05) is 13.0 Å². The van der Waals surface area contributed by atoms with Crippen molar-refractivity contribution >= 4 is 23.5 Å². The van der Waals surface area contributed by atoms with Gasteiger partial charge in [-0.05, 0) is 18.6 Å². The average Bonchev–Trinajstić information content (AvgIpc) is 2.87. The third-order valence-electron chi connectivity index (χ3n) is 3.59. The molecule has 1 aliphatic heterocycles. The summed E-state index contributed by atoms with van der Waals surface area (Å²) in [5, 5.41) is 0. The number of amides is 1. The molecule has 1 aromatic carbocycles. The molecule has 0 saturated carbocycles. The van der Waals surface area contributed by atoms with E-state index in [1.54, 1.807) is 25.1 Å².